The lowest BCUT2D eigenvalue weighted by Gasteiger charge is -2.24. The highest BCUT2D eigenvalue weighted by atomic mass is 16.2. The fourth-order valence-electron chi connectivity index (χ4n) is 4.15. The van der Waals surface area contributed by atoms with Crippen molar-refractivity contribution in [3.8, 4) is 0 Å². The van der Waals surface area contributed by atoms with E-state index in [-0.39, 0.29) is 23.8 Å². The predicted octanol–water partition coefficient (Wildman–Crippen LogP) is 2.29. The number of nitrogens with one attached hydrogen (secondary N) is 1. The third-order valence-corrected chi connectivity index (χ3v) is 5.75. The number of benzene rings is 1. The van der Waals surface area contributed by atoms with Gasteiger partial charge in [-0.05, 0) is 19.4 Å². The van der Waals surface area contributed by atoms with Crippen LogP contribution in [0.2, 0.25) is 0 Å². The van der Waals surface area contributed by atoms with Gasteiger partial charge in [-0.3, -0.25) is 14.3 Å². The number of carbonyl (C=O) groups is 2. The van der Waals surface area contributed by atoms with E-state index in [1.807, 2.05) is 35.3 Å². The van der Waals surface area contributed by atoms with E-state index in [9.17, 15) is 9.59 Å². The molecule has 3 heterocycles. The zero-order valence-corrected chi connectivity index (χ0v) is 17.9. The third kappa shape index (κ3) is 4.47. The molecule has 1 N–H and O–H groups in total. The highest BCUT2D eigenvalue weighted by Gasteiger charge is 2.39. The summed E-state index contributed by atoms with van der Waals surface area (Å²) < 4.78 is 1.88. The van der Waals surface area contributed by atoms with Crippen molar-refractivity contribution in [2.24, 2.45) is 5.92 Å². The first kappa shape index (κ1) is 20.7. The topological polar surface area (TPSA) is 93.0 Å². The zero-order chi connectivity index (χ0) is 22.0. The molecule has 8 heteroatoms. The van der Waals surface area contributed by atoms with E-state index in [0.717, 1.165) is 11.1 Å². The van der Waals surface area contributed by atoms with Crippen molar-refractivity contribution in [2.45, 2.75) is 32.9 Å². The average molecular weight is 419 g/mol. The molecule has 0 saturated carbocycles. The molecule has 0 spiro atoms. The minimum atomic E-state index is -0.224. The number of aryl methyl sites for hydroxylation is 2. The van der Waals surface area contributed by atoms with Crippen molar-refractivity contribution in [1.29, 1.82) is 0 Å². The molecule has 4 rings (SSSR count). The normalized spacial score (nSPS) is 18.4. The van der Waals surface area contributed by atoms with Crippen molar-refractivity contribution in [1.82, 2.24) is 30.0 Å². The van der Waals surface area contributed by atoms with Crippen LogP contribution in [0.3, 0.4) is 0 Å². The summed E-state index contributed by atoms with van der Waals surface area (Å²) in [6, 6.07) is 9.97. The molecule has 160 valence electrons. The number of nitrogens with zero attached hydrogens (tertiary/aromatic N) is 5. The molecular formula is C23H26N6O2. The predicted molar refractivity (Wildman–Crippen MR) is 115 cm³/mol. The van der Waals surface area contributed by atoms with Crippen molar-refractivity contribution in [2.75, 3.05) is 13.6 Å². The van der Waals surface area contributed by atoms with Crippen LogP contribution in [0.15, 0.2) is 48.9 Å². The van der Waals surface area contributed by atoms with Gasteiger partial charge in [-0.1, -0.05) is 30.3 Å². The molecule has 1 fully saturated rings. The number of carbonyl (C=O) groups excluding carboxylic acids is 2. The van der Waals surface area contributed by atoms with Crippen LogP contribution in [-0.4, -0.2) is 50.1 Å². The van der Waals surface area contributed by atoms with Crippen LogP contribution < -0.4 is 5.32 Å². The maximum absolute atomic E-state index is 12.6. The molecule has 0 bridgehead atoms. The maximum Gasteiger partial charge on any atom is 0.254 e. The first-order chi connectivity index (χ1) is 14.9. The van der Waals surface area contributed by atoms with Gasteiger partial charge in [0.05, 0.1) is 30.0 Å². The standard InChI is InChI=1S/C23H26N6O2/c1-15-20(12-24-16(2)27-15)23(31)25-10-18-9-21(30)28(3)22(18)19-11-26-29(14-19)13-17-7-5-4-6-8-17/h4-8,11-12,14,18,22H,9-10,13H2,1-3H3,(H,25,31)/t18-,22+/m0/s1. The van der Waals surface area contributed by atoms with E-state index >= 15 is 0 Å². The molecule has 3 aromatic rings. The van der Waals surface area contributed by atoms with Gasteiger partial charge in [0.2, 0.25) is 5.91 Å². The zero-order valence-electron chi connectivity index (χ0n) is 17.9. The SMILES string of the molecule is Cc1ncc(C(=O)NC[C@@H]2CC(=O)N(C)[C@H]2c2cnn(Cc3ccccc3)c2)c(C)n1. The van der Waals surface area contributed by atoms with Crippen molar-refractivity contribution >= 4 is 11.8 Å². The minimum absolute atomic E-state index is 0.0394. The molecule has 2 amide bonds. The Morgan fingerprint density at radius 1 is 1.19 bits per heavy atom. The Morgan fingerprint density at radius 2 is 1.97 bits per heavy atom. The van der Waals surface area contributed by atoms with Crippen LogP contribution in [0.25, 0.3) is 0 Å². The van der Waals surface area contributed by atoms with E-state index in [4.69, 9.17) is 0 Å². The number of aromatic nitrogens is 4. The van der Waals surface area contributed by atoms with Crippen LogP contribution in [0.5, 0.6) is 0 Å². The Balaban J connectivity index is 1.46. The summed E-state index contributed by atoms with van der Waals surface area (Å²) >= 11 is 0. The molecule has 2 aromatic heterocycles. The summed E-state index contributed by atoms with van der Waals surface area (Å²) in [6.45, 7) is 4.63. The number of likely N-dealkylation sites (tertiary alicyclic amines) is 1. The molecule has 0 radical (unpaired) electrons. The first-order valence-corrected chi connectivity index (χ1v) is 10.3. The second-order valence-corrected chi connectivity index (χ2v) is 8.00. The number of hydrogen-bond acceptors (Lipinski definition) is 5. The molecule has 1 saturated heterocycles. The molecule has 1 aliphatic heterocycles. The Kier molecular flexibility index (Phi) is 5.79. The monoisotopic (exact) mass is 418 g/mol. The van der Waals surface area contributed by atoms with E-state index < -0.39 is 0 Å². The van der Waals surface area contributed by atoms with Crippen LogP contribution >= 0.6 is 0 Å². The average Bonchev–Trinajstić information content (AvgIpc) is 3.31. The smallest absolute Gasteiger partial charge is 0.254 e. The van der Waals surface area contributed by atoms with Gasteiger partial charge < -0.3 is 10.2 Å². The van der Waals surface area contributed by atoms with Crippen molar-refractivity contribution < 1.29 is 9.59 Å². The molecule has 1 aromatic carbocycles. The van der Waals surface area contributed by atoms with Gasteiger partial charge in [0.1, 0.15) is 5.82 Å². The van der Waals surface area contributed by atoms with Gasteiger partial charge in [-0.2, -0.15) is 5.10 Å². The summed E-state index contributed by atoms with van der Waals surface area (Å²) in [7, 11) is 1.81. The lowest BCUT2D eigenvalue weighted by molar-refractivity contribution is -0.127. The van der Waals surface area contributed by atoms with E-state index in [2.05, 4.69) is 32.5 Å². The first-order valence-electron chi connectivity index (χ1n) is 10.3. The Bertz CT molecular complexity index is 1090. The van der Waals surface area contributed by atoms with Crippen LogP contribution in [0.4, 0.5) is 0 Å². The summed E-state index contributed by atoms with van der Waals surface area (Å²) in [4.78, 5) is 35.2. The quantitative estimate of drug-likeness (QED) is 0.663. The molecule has 8 nitrogen and oxygen atoms in total. The third-order valence-electron chi connectivity index (χ3n) is 5.75. The summed E-state index contributed by atoms with van der Waals surface area (Å²) in [5.41, 5.74) is 3.23. The van der Waals surface area contributed by atoms with Crippen LogP contribution in [0, 0.1) is 19.8 Å². The fraction of sp³-hybridized carbons (Fsp3) is 0.348. The van der Waals surface area contributed by atoms with Gasteiger partial charge in [0.25, 0.3) is 5.91 Å². The molecule has 0 aliphatic carbocycles. The summed E-state index contributed by atoms with van der Waals surface area (Å²) in [5.74, 6) is 0.431. The minimum Gasteiger partial charge on any atom is -0.352 e. The highest BCUT2D eigenvalue weighted by Crippen LogP contribution is 2.36. The van der Waals surface area contributed by atoms with E-state index in [1.54, 1.807) is 32.0 Å². The summed E-state index contributed by atoms with van der Waals surface area (Å²) in [6.07, 6.45) is 5.73. The van der Waals surface area contributed by atoms with Gasteiger partial charge in [0.15, 0.2) is 0 Å². The van der Waals surface area contributed by atoms with Gasteiger partial charge >= 0.3 is 0 Å². The number of rotatable bonds is 6. The van der Waals surface area contributed by atoms with E-state index in [1.165, 1.54) is 0 Å². The molecule has 0 unspecified atom stereocenters. The fourth-order valence-corrected chi connectivity index (χ4v) is 4.15. The molecule has 2 atom stereocenters. The highest BCUT2D eigenvalue weighted by molar-refractivity contribution is 5.94. The van der Waals surface area contributed by atoms with Gasteiger partial charge in [-0.25, -0.2) is 9.97 Å². The number of hydrogen-bond donors (Lipinski definition) is 1. The molecular weight excluding hydrogens is 392 g/mol. The Morgan fingerprint density at radius 3 is 2.71 bits per heavy atom. The van der Waals surface area contributed by atoms with Gasteiger partial charge in [0, 0.05) is 43.9 Å². The Labute approximate surface area is 181 Å². The molecule has 31 heavy (non-hydrogen) atoms. The largest absolute Gasteiger partial charge is 0.352 e. The van der Waals surface area contributed by atoms with Crippen molar-refractivity contribution in [3.63, 3.8) is 0 Å². The van der Waals surface area contributed by atoms with E-state index in [0.29, 0.717) is 36.6 Å². The van der Waals surface area contributed by atoms with Crippen LogP contribution in [-0.2, 0) is 11.3 Å². The lowest BCUT2D eigenvalue weighted by atomic mass is 9.95. The van der Waals surface area contributed by atoms with Crippen LogP contribution in [0.1, 0.15) is 45.5 Å². The van der Waals surface area contributed by atoms with Crippen molar-refractivity contribution in [3.05, 3.63) is 77.1 Å². The Hall–Kier alpha value is -3.55. The second-order valence-electron chi connectivity index (χ2n) is 8.00. The lowest BCUT2D eigenvalue weighted by Crippen LogP contribution is -2.33. The van der Waals surface area contributed by atoms with Gasteiger partial charge in [-0.15, -0.1) is 0 Å². The summed E-state index contributed by atoms with van der Waals surface area (Å²) in [5, 5.41) is 7.45. The second kappa shape index (κ2) is 8.67. The maximum atomic E-state index is 12.6. The molecule has 1 aliphatic rings. The number of amides is 2.